The number of likely N-dealkylation sites (N-methyl/N-ethyl adjacent to an activating group) is 1. The van der Waals surface area contributed by atoms with Gasteiger partial charge in [-0.15, -0.1) is 0 Å². The summed E-state index contributed by atoms with van der Waals surface area (Å²) in [5, 5.41) is 0. The highest BCUT2D eigenvalue weighted by Crippen LogP contribution is 2.27. The van der Waals surface area contributed by atoms with Gasteiger partial charge in [-0.3, -0.25) is 0 Å². The van der Waals surface area contributed by atoms with Crippen molar-refractivity contribution in [3.05, 3.63) is 53.8 Å². The number of hydrogen-bond acceptors (Lipinski definition) is 2. The van der Waals surface area contributed by atoms with Crippen molar-refractivity contribution in [1.29, 1.82) is 0 Å². The fourth-order valence-electron chi connectivity index (χ4n) is 2.74. The molecule has 0 N–H and O–H groups in total. The Morgan fingerprint density at radius 1 is 0.857 bits per heavy atom. The van der Waals surface area contributed by atoms with Crippen molar-refractivity contribution in [3.8, 4) is 11.1 Å². The second-order valence-corrected chi connectivity index (χ2v) is 5.82. The van der Waals surface area contributed by atoms with Crippen molar-refractivity contribution in [2.24, 2.45) is 0 Å². The fourth-order valence-corrected chi connectivity index (χ4v) is 2.74. The molecule has 1 heterocycles. The Labute approximate surface area is 125 Å². The predicted molar refractivity (Wildman–Crippen MR) is 86.3 cm³/mol. The Morgan fingerprint density at radius 3 is 2.10 bits per heavy atom. The van der Waals surface area contributed by atoms with E-state index in [1.54, 1.807) is 6.07 Å². The summed E-state index contributed by atoms with van der Waals surface area (Å²) in [6.07, 6.45) is 0. The van der Waals surface area contributed by atoms with Crippen LogP contribution < -0.4 is 4.90 Å². The number of anilines is 1. The molecular weight excluding hydrogens is 263 g/mol. The van der Waals surface area contributed by atoms with Crippen LogP contribution in [0.4, 0.5) is 10.1 Å². The Hall–Kier alpha value is -1.87. The molecule has 2 aromatic carbocycles. The van der Waals surface area contributed by atoms with Crippen LogP contribution in [0.5, 0.6) is 0 Å². The van der Waals surface area contributed by atoms with Gasteiger partial charge in [-0.2, -0.15) is 0 Å². The van der Waals surface area contributed by atoms with E-state index in [0.29, 0.717) is 0 Å². The molecule has 1 fully saturated rings. The molecule has 0 atom stereocenters. The van der Waals surface area contributed by atoms with Crippen LogP contribution >= 0.6 is 0 Å². The zero-order valence-corrected chi connectivity index (χ0v) is 12.6. The van der Waals surface area contributed by atoms with Crippen LogP contribution in [0.2, 0.25) is 0 Å². The van der Waals surface area contributed by atoms with Crippen LogP contribution in [0.15, 0.2) is 42.5 Å². The third kappa shape index (κ3) is 3.08. The number of halogens is 1. The Kier molecular flexibility index (Phi) is 3.93. The van der Waals surface area contributed by atoms with Crippen LogP contribution in [0.1, 0.15) is 5.56 Å². The molecule has 1 saturated heterocycles. The van der Waals surface area contributed by atoms with E-state index in [0.717, 1.165) is 43.0 Å². The molecule has 2 nitrogen and oxygen atoms in total. The van der Waals surface area contributed by atoms with Crippen molar-refractivity contribution >= 4 is 5.69 Å². The van der Waals surface area contributed by atoms with Gasteiger partial charge in [-0.05, 0) is 37.2 Å². The average Bonchev–Trinajstić information content (AvgIpc) is 2.49. The van der Waals surface area contributed by atoms with E-state index in [4.69, 9.17) is 0 Å². The number of piperazine rings is 1. The highest BCUT2D eigenvalue weighted by atomic mass is 19.1. The SMILES string of the molecule is Cc1ccc(-c2ccc(N3CCN(C)CC3)c(F)c2)cc1. The first-order valence-electron chi connectivity index (χ1n) is 7.43. The van der Waals surface area contributed by atoms with Gasteiger partial charge in [0.1, 0.15) is 5.82 Å². The van der Waals surface area contributed by atoms with Crippen molar-refractivity contribution in [2.75, 3.05) is 38.1 Å². The summed E-state index contributed by atoms with van der Waals surface area (Å²) < 4.78 is 14.4. The van der Waals surface area contributed by atoms with Gasteiger partial charge in [0.25, 0.3) is 0 Å². The molecule has 110 valence electrons. The van der Waals surface area contributed by atoms with Gasteiger partial charge in [0.05, 0.1) is 5.69 Å². The first-order valence-corrected chi connectivity index (χ1v) is 7.43. The standard InChI is InChI=1S/C18H21FN2/c1-14-3-5-15(6-4-14)16-7-8-18(17(19)13-16)21-11-9-20(2)10-12-21/h3-8,13H,9-12H2,1-2H3. The van der Waals surface area contributed by atoms with Gasteiger partial charge in [-0.25, -0.2) is 4.39 Å². The van der Waals surface area contributed by atoms with E-state index in [2.05, 4.69) is 35.9 Å². The Bertz CT molecular complexity index is 614. The van der Waals surface area contributed by atoms with E-state index < -0.39 is 0 Å². The minimum atomic E-state index is -0.127. The van der Waals surface area contributed by atoms with Crippen molar-refractivity contribution < 1.29 is 4.39 Å². The Morgan fingerprint density at radius 2 is 1.48 bits per heavy atom. The third-order valence-electron chi connectivity index (χ3n) is 4.18. The van der Waals surface area contributed by atoms with Gasteiger partial charge in [0.2, 0.25) is 0 Å². The monoisotopic (exact) mass is 284 g/mol. The number of rotatable bonds is 2. The summed E-state index contributed by atoms with van der Waals surface area (Å²) >= 11 is 0. The molecule has 0 radical (unpaired) electrons. The fraction of sp³-hybridized carbons (Fsp3) is 0.333. The lowest BCUT2D eigenvalue weighted by atomic mass is 10.0. The van der Waals surface area contributed by atoms with Crippen LogP contribution in [0.25, 0.3) is 11.1 Å². The van der Waals surface area contributed by atoms with Crippen LogP contribution in [0, 0.1) is 12.7 Å². The van der Waals surface area contributed by atoms with Gasteiger partial charge in [0, 0.05) is 26.2 Å². The molecule has 2 aromatic rings. The minimum Gasteiger partial charge on any atom is -0.367 e. The summed E-state index contributed by atoms with van der Waals surface area (Å²) in [6.45, 7) is 5.80. The zero-order chi connectivity index (χ0) is 14.8. The average molecular weight is 284 g/mol. The molecule has 0 amide bonds. The number of nitrogens with zero attached hydrogens (tertiary/aromatic N) is 2. The second kappa shape index (κ2) is 5.86. The summed E-state index contributed by atoms with van der Waals surface area (Å²) in [5.74, 6) is -0.127. The zero-order valence-electron chi connectivity index (χ0n) is 12.6. The maximum absolute atomic E-state index is 14.4. The molecule has 3 rings (SSSR count). The predicted octanol–water partition coefficient (Wildman–Crippen LogP) is 3.55. The molecule has 3 heteroatoms. The molecule has 1 aliphatic heterocycles. The smallest absolute Gasteiger partial charge is 0.147 e. The maximum Gasteiger partial charge on any atom is 0.147 e. The second-order valence-electron chi connectivity index (χ2n) is 5.82. The van der Waals surface area contributed by atoms with E-state index in [-0.39, 0.29) is 5.82 Å². The van der Waals surface area contributed by atoms with E-state index in [9.17, 15) is 4.39 Å². The molecule has 0 saturated carbocycles. The number of benzene rings is 2. The lowest BCUT2D eigenvalue weighted by molar-refractivity contribution is 0.311. The largest absolute Gasteiger partial charge is 0.367 e. The van der Waals surface area contributed by atoms with Gasteiger partial charge in [0.15, 0.2) is 0 Å². The highest BCUT2D eigenvalue weighted by Gasteiger charge is 2.17. The van der Waals surface area contributed by atoms with Crippen molar-refractivity contribution in [3.63, 3.8) is 0 Å². The molecule has 0 aromatic heterocycles. The van der Waals surface area contributed by atoms with Crippen LogP contribution in [-0.4, -0.2) is 38.1 Å². The molecule has 0 aliphatic carbocycles. The maximum atomic E-state index is 14.4. The normalized spacial score (nSPS) is 16.2. The summed E-state index contributed by atoms with van der Waals surface area (Å²) in [4.78, 5) is 4.41. The van der Waals surface area contributed by atoms with E-state index >= 15 is 0 Å². The van der Waals surface area contributed by atoms with Gasteiger partial charge < -0.3 is 9.80 Å². The van der Waals surface area contributed by atoms with E-state index in [1.807, 2.05) is 24.3 Å². The Balaban J connectivity index is 1.84. The van der Waals surface area contributed by atoms with Crippen molar-refractivity contribution in [1.82, 2.24) is 4.90 Å². The van der Waals surface area contributed by atoms with Crippen LogP contribution in [0.3, 0.4) is 0 Å². The highest BCUT2D eigenvalue weighted by molar-refractivity contribution is 5.67. The quantitative estimate of drug-likeness (QED) is 0.832. The first-order chi connectivity index (χ1) is 10.1. The van der Waals surface area contributed by atoms with Crippen LogP contribution in [-0.2, 0) is 0 Å². The summed E-state index contributed by atoms with van der Waals surface area (Å²) in [5.41, 5.74) is 3.93. The summed E-state index contributed by atoms with van der Waals surface area (Å²) in [7, 11) is 2.11. The van der Waals surface area contributed by atoms with E-state index in [1.165, 1.54) is 5.56 Å². The van der Waals surface area contributed by atoms with Gasteiger partial charge in [-0.1, -0.05) is 35.9 Å². The lowest BCUT2D eigenvalue weighted by Gasteiger charge is -2.34. The molecule has 0 bridgehead atoms. The van der Waals surface area contributed by atoms with Crippen molar-refractivity contribution in [2.45, 2.75) is 6.92 Å². The third-order valence-corrected chi connectivity index (χ3v) is 4.18. The first kappa shape index (κ1) is 14.1. The number of hydrogen-bond donors (Lipinski definition) is 0. The lowest BCUT2D eigenvalue weighted by Crippen LogP contribution is -2.44. The molecule has 0 spiro atoms. The minimum absolute atomic E-state index is 0.127. The molecule has 21 heavy (non-hydrogen) atoms. The molecule has 0 unspecified atom stereocenters. The van der Waals surface area contributed by atoms with Gasteiger partial charge >= 0.3 is 0 Å². The number of aryl methyl sites for hydroxylation is 1. The molecular formula is C18H21FN2. The summed E-state index contributed by atoms with van der Waals surface area (Å²) in [6, 6.07) is 13.8. The topological polar surface area (TPSA) is 6.48 Å². The molecule has 1 aliphatic rings.